The predicted molar refractivity (Wildman–Crippen MR) is 102 cm³/mol. The summed E-state index contributed by atoms with van der Waals surface area (Å²) in [6.45, 7) is 3.74. The van der Waals surface area contributed by atoms with E-state index in [-0.39, 0.29) is 5.82 Å². The first-order valence-electron chi connectivity index (χ1n) is 8.21. The highest BCUT2D eigenvalue weighted by Gasteiger charge is 2.42. The number of aryl methyl sites for hydroxylation is 2. The molecule has 4 rings (SSSR count). The third kappa shape index (κ3) is 2.56. The van der Waals surface area contributed by atoms with E-state index in [1.807, 2.05) is 19.9 Å². The molecule has 0 amide bonds. The molecule has 0 aliphatic heterocycles. The van der Waals surface area contributed by atoms with Crippen LogP contribution < -0.4 is 0 Å². The fourth-order valence-corrected chi connectivity index (χ4v) is 3.69. The second-order valence-electron chi connectivity index (χ2n) is 6.25. The molecule has 0 saturated heterocycles. The van der Waals surface area contributed by atoms with Gasteiger partial charge in [0.15, 0.2) is 5.82 Å². The molecule has 27 heavy (non-hydrogen) atoms. The van der Waals surface area contributed by atoms with Crippen LogP contribution in [0.3, 0.4) is 0 Å². The van der Waals surface area contributed by atoms with Gasteiger partial charge in [-0.3, -0.25) is 5.10 Å². The number of rotatable bonds is 3. The molecule has 134 valence electrons. The molecule has 0 spiro atoms. The molecule has 1 unspecified atom stereocenters. The summed E-state index contributed by atoms with van der Waals surface area (Å²) in [7, 11) is 0. The summed E-state index contributed by atoms with van der Waals surface area (Å²) in [5.41, 5.74) is 0.490. The summed E-state index contributed by atoms with van der Waals surface area (Å²) in [6, 6.07) is 11.9. The highest BCUT2D eigenvalue weighted by Crippen LogP contribution is 2.45. The minimum absolute atomic E-state index is 0.00548. The number of aromatic nitrogens is 3. The van der Waals surface area contributed by atoms with E-state index in [2.05, 4.69) is 31.1 Å². The smallest absolute Gasteiger partial charge is 0.222 e. The average molecular weight is 425 g/mol. The van der Waals surface area contributed by atoms with Crippen molar-refractivity contribution in [3.05, 3.63) is 81.0 Å². The van der Waals surface area contributed by atoms with Crippen LogP contribution in [0, 0.1) is 25.2 Å². The molecular weight excluding hydrogens is 411 g/mol. The Morgan fingerprint density at radius 1 is 1.19 bits per heavy atom. The molecule has 2 aromatic heterocycles. The van der Waals surface area contributed by atoms with Crippen LogP contribution in [-0.4, -0.2) is 15.2 Å². The van der Waals surface area contributed by atoms with Crippen LogP contribution >= 0.6 is 15.9 Å². The topological polar surface area (TPSA) is 78.5 Å². The van der Waals surface area contributed by atoms with Gasteiger partial charge >= 0.3 is 0 Å². The van der Waals surface area contributed by atoms with Crippen LogP contribution in [0.25, 0.3) is 11.0 Å². The highest BCUT2D eigenvalue weighted by atomic mass is 79.9. The Morgan fingerprint density at radius 3 is 2.56 bits per heavy atom. The lowest BCUT2D eigenvalue weighted by molar-refractivity contribution is 0.268. The molecule has 7 heteroatoms. The van der Waals surface area contributed by atoms with Crippen molar-refractivity contribution in [1.82, 2.24) is 15.2 Å². The number of halogens is 2. The van der Waals surface area contributed by atoms with E-state index < -0.39 is 5.67 Å². The number of fused-ring (bicyclic) bond motifs is 1. The van der Waals surface area contributed by atoms with Crippen LogP contribution in [0.2, 0.25) is 0 Å². The predicted octanol–water partition coefficient (Wildman–Crippen LogP) is 5.06. The fraction of sp³-hybridized carbons (Fsp3) is 0.150. The summed E-state index contributed by atoms with van der Waals surface area (Å²) < 4.78 is 23.4. The Kier molecular flexibility index (Phi) is 4.08. The molecule has 0 aliphatic rings. The van der Waals surface area contributed by atoms with Gasteiger partial charge < -0.3 is 4.42 Å². The Labute approximate surface area is 163 Å². The molecule has 0 bridgehead atoms. The van der Waals surface area contributed by atoms with Gasteiger partial charge in [-0.15, -0.1) is 0 Å². The van der Waals surface area contributed by atoms with E-state index in [9.17, 15) is 0 Å². The molecule has 2 heterocycles. The second-order valence-corrected chi connectivity index (χ2v) is 7.11. The highest BCUT2D eigenvalue weighted by molar-refractivity contribution is 9.10. The van der Waals surface area contributed by atoms with E-state index in [0.717, 1.165) is 15.8 Å². The van der Waals surface area contributed by atoms with Crippen molar-refractivity contribution in [1.29, 1.82) is 5.26 Å². The maximum atomic E-state index is 16.8. The Balaban J connectivity index is 2.08. The van der Waals surface area contributed by atoms with Gasteiger partial charge in [-0.2, -0.15) is 10.4 Å². The number of furan rings is 1. The van der Waals surface area contributed by atoms with Crippen molar-refractivity contribution >= 4 is 26.9 Å². The number of alkyl halides is 1. The van der Waals surface area contributed by atoms with Gasteiger partial charge in [0.2, 0.25) is 5.67 Å². The van der Waals surface area contributed by atoms with Crippen molar-refractivity contribution < 1.29 is 8.81 Å². The van der Waals surface area contributed by atoms with Crippen molar-refractivity contribution in [2.24, 2.45) is 0 Å². The normalized spacial score (nSPS) is 13.4. The van der Waals surface area contributed by atoms with Crippen molar-refractivity contribution in [2.75, 3.05) is 0 Å². The molecule has 2 aromatic carbocycles. The zero-order chi connectivity index (χ0) is 19.2. The Hall–Kier alpha value is -2.98. The molecule has 1 atom stereocenters. The summed E-state index contributed by atoms with van der Waals surface area (Å²) in [5, 5.41) is 16.4. The van der Waals surface area contributed by atoms with E-state index in [1.54, 1.807) is 36.4 Å². The van der Waals surface area contributed by atoms with E-state index in [1.165, 1.54) is 6.33 Å². The number of hydrogen-bond acceptors (Lipinski definition) is 4. The number of benzene rings is 2. The Morgan fingerprint density at radius 2 is 1.93 bits per heavy atom. The molecule has 0 saturated carbocycles. The molecule has 0 radical (unpaired) electrons. The quantitative estimate of drug-likeness (QED) is 0.498. The lowest BCUT2D eigenvalue weighted by atomic mass is 9.84. The zero-order valence-electron chi connectivity index (χ0n) is 14.5. The monoisotopic (exact) mass is 424 g/mol. The minimum atomic E-state index is -2.12. The van der Waals surface area contributed by atoms with Crippen molar-refractivity contribution in [3.8, 4) is 6.07 Å². The van der Waals surface area contributed by atoms with Crippen LogP contribution in [-0.2, 0) is 5.67 Å². The number of nitrogens with one attached hydrogen (secondary N) is 1. The van der Waals surface area contributed by atoms with Crippen molar-refractivity contribution in [2.45, 2.75) is 19.5 Å². The largest absolute Gasteiger partial charge is 0.460 e. The second kappa shape index (κ2) is 6.32. The van der Waals surface area contributed by atoms with Gasteiger partial charge in [0.1, 0.15) is 17.7 Å². The number of hydrogen-bond donors (Lipinski definition) is 1. The molecule has 1 N–H and O–H groups in total. The van der Waals surface area contributed by atoms with Gasteiger partial charge in [-0.05, 0) is 53.5 Å². The summed E-state index contributed by atoms with van der Waals surface area (Å²) >= 11 is 3.48. The molecular formula is C20H14BrFN4O. The standard InChI is InChI=1S/C20H14BrFN4O/c1-11-12(2)27-18-16(21)8-7-15(17(11)18)20(22,19-24-10-25-26-19)14-5-3-13(9-23)4-6-14/h3-8,10H,1-2H3,(H,24,25,26). The first-order valence-corrected chi connectivity index (χ1v) is 9.00. The maximum absolute atomic E-state index is 16.8. The van der Waals surface area contributed by atoms with Crippen LogP contribution in [0.5, 0.6) is 0 Å². The van der Waals surface area contributed by atoms with Gasteiger partial charge in [0, 0.05) is 16.5 Å². The first kappa shape index (κ1) is 17.4. The number of nitriles is 1. The zero-order valence-corrected chi connectivity index (χ0v) is 16.1. The number of H-pyrrole nitrogens is 1. The van der Waals surface area contributed by atoms with Crippen LogP contribution in [0.4, 0.5) is 4.39 Å². The lowest BCUT2D eigenvalue weighted by Gasteiger charge is -2.24. The van der Waals surface area contributed by atoms with Crippen LogP contribution in [0.1, 0.15) is 33.8 Å². The Bertz CT molecular complexity index is 1180. The van der Waals surface area contributed by atoms with Crippen molar-refractivity contribution in [3.63, 3.8) is 0 Å². The van der Waals surface area contributed by atoms with Gasteiger partial charge in [-0.25, -0.2) is 9.37 Å². The minimum Gasteiger partial charge on any atom is -0.460 e. The molecule has 5 nitrogen and oxygen atoms in total. The summed E-state index contributed by atoms with van der Waals surface area (Å²) in [5.74, 6) is 0.712. The molecule has 0 aliphatic carbocycles. The van der Waals surface area contributed by atoms with Gasteiger partial charge in [0.25, 0.3) is 0 Å². The third-order valence-corrected chi connectivity index (χ3v) is 5.40. The van der Waals surface area contributed by atoms with E-state index in [4.69, 9.17) is 9.68 Å². The fourth-order valence-electron chi connectivity index (χ4n) is 3.28. The van der Waals surface area contributed by atoms with Gasteiger partial charge in [-0.1, -0.05) is 18.2 Å². The summed E-state index contributed by atoms with van der Waals surface area (Å²) in [4.78, 5) is 4.10. The van der Waals surface area contributed by atoms with Crippen LogP contribution in [0.15, 0.2) is 51.6 Å². The van der Waals surface area contributed by atoms with Gasteiger partial charge in [0.05, 0.1) is 16.1 Å². The maximum Gasteiger partial charge on any atom is 0.222 e. The SMILES string of the molecule is Cc1oc2c(Br)ccc(C(F)(c3ccc(C#N)cc3)c3nc[nH]n3)c2c1C. The third-order valence-electron chi connectivity index (χ3n) is 4.77. The molecule has 0 fully saturated rings. The first-order chi connectivity index (χ1) is 13.0. The van der Waals surface area contributed by atoms with E-state index >= 15 is 4.39 Å². The molecule has 4 aromatic rings. The lowest BCUT2D eigenvalue weighted by Crippen LogP contribution is -2.26. The number of nitrogens with zero attached hydrogens (tertiary/aromatic N) is 3. The van der Waals surface area contributed by atoms with E-state index in [0.29, 0.717) is 27.7 Å². The summed E-state index contributed by atoms with van der Waals surface area (Å²) in [6.07, 6.45) is 1.34. The average Bonchev–Trinajstić information content (AvgIpc) is 3.32. The number of aromatic amines is 1.